The van der Waals surface area contributed by atoms with E-state index in [-0.39, 0.29) is 0 Å². The van der Waals surface area contributed by atoms with Crippen molar-refractivity contribution in [2.45, 2.75) is 57.8 Å². The predicted molar refractivity (Wildman–Crippen MR) is 68.9 cm³/mol. The minimum absolute atomic E-state index is 0.800. The maximum absolute atomic E-state index is 2.40. The molecule has 0 N–H and O–H groups in total. The van der Waals surface area contributed by atoms with Crippen LogP contribution in [-0.2, 0) is 6.42 Å². The van der Waals surface area contributed by atoms with Gasteiger partial charge in [-0.25, -0.2) is 0 Å². The summed E-state index contributed by atoms with van der Waals surface area (Å²) in [7, 11) is 0. The lowest BCUT2D eigenvalue weighted by atomic mass is 9.67. The van der Waals surface area contributed by atoms with E-state index < -0.39 is 0 Å². The molecule has 0 aromatic heterocycles. The van der Waals surface area contributed by atoms with E-state index in [0.717, 1.165) is 17.8 Å². The Morgan fingerprint density at radius 3 is 2.81 bits per heavy atom. The number of benzene rings is 1. The Balaban J connectivity index is 2.11. The highest BCUT2D eigenvalue weighted by atomic mass is 14.4. The fraction of sp³-hybridized carbons (Fsp3) is 0.625. The number of rotatable bonds is 1. The van der Waals surface area contributed by atoms with Crippen LogP contribution in [0.1, 0.15) is 68.1 Å². The average molecular weight is 214 g/mol. The first-order valence-corrected chi connectivity index (χ1v) is 6.89. The second-order valence-corrected chi connectivity index (χ2v) is 5.94. The standard InChI is InChI=1S/C16H22/c1-11(2)14-10-9-13-6-3-5-12-7-4-8-15(14)16(12)13/h4,7-8,11,13-14H,3,5-6,9-10H2,1-2H3/t13-,14+/m1/s1. The third-order valence-corrected chi connectivity index (χ3v) is 4.67. The predicted octanol–water partition coefficient (Wildman–Crippen LogP) is 4.64. The van der Waals surface area contributed by atoms with Crippen molar-refractivity contribution >= 4 is 0 Å². The van der Waals surface area contributed by atoms with Gasteiger partial charge in [0.05, 0.1) is 0 Å². The SMILES string of the molecule is CC(C)[C@@H]1CC[C@H]2CCCc3cccc1c32. The molecule has 0 unspecified atom stereocenters. The highest BCUT2D eigenvalue weighted by Gasteiger charge is 2.31. The minimum Gasteiger partial charge on any atom is -0.0622 e. The topological polar surface area (TPSA) is 0 Å². The van der Waals surface area contributed by atoms with Crippen molar-refractivity contribution in [2.75, 3.05) is 0 Å². The van der Waals surface area contributed by atoms with Crippen LogP contribution in [-0.4, -0.2) is 0 Å². The zero-order chi connectivity index (χ0) is 11.1. The van der Waals surface area contributed by atoms with Crippen LogP contribution in [0, 0.1) is 5.92 Å². The second-order valence-electron chi connectivity index (χ2n) is 5.94. The molecule has 86 valence electrons. The lowest BCUT2D eigenvalue weighted by molar-refractivity contribution is 0.377. The van der Waals surface area contributed by atoms with Crippen molar-refractivity contribution in [1.29, 1.82) is 0 Å². The van der Waals surface area contributed by atoms with Crippen LogP contribution in [0.4, 0.5) is 0 Å². The molecular formula is C16H22. The van der Waals surface area contributed by atoms with Crippen molar-refractivity contribution in [3.63, 3.8) is 0 Å². The van der Waals surface area contributed by atoms with Crippen molar-refractivity contribution in [3.05, 3.63) is 34.9 Å². The van der Waals surface area contributed by atoms with E-state index in [0.29, 0.717) is 0 Å². The van der Waals surface area contributed by atoms with Gasteiger partial charge in [0.25, 0.3) is 0 Å². The van der Waals surface area contributed by atoms with Gasteiger partial charge in [-0.3, -0.25) is 0 Å². The van der Waals surface area contributed by atoms with Gasteiger partial charge in [-0.1, -0.05) is 32.0 Å². The molecule has 16 heavy (non-hydrogen) atoms. The van der Waals surface area contributed by atoms with Gasteiger partial charge >= 0.3 is 0 Å². The van der Waals surface area contributed by atoms with E-state index in [1.54, 1.807) is 16.7 Å². The lowest BCUT2D eigenvalue weighted by Gasteiger charge is -2.37. The molecule has 0 spiro atoms. The second kappa shape index (κ2) is 3.91. The smallest absolute Gasteiger partial charge is 0.0136 e. The van der Waals surface area contributed by atoms with Crippen molar-refractivity contribution < 1.29 is 0 Å². The molecule has 0 bridgehead atoms. The van der Waals surface area contributed by atoms with Gasteiger partial charge in [-0.15, -0.1) is 0 Å². The molecule has 3 rings (SSSR count). The quantitative estimate of drug-likeness (QED) is 0.639. The van der Waals surface area contributed by atoms with Crippen LogP contribution in [0.25, 0.3) is 0 Å². The van der Waals surface area contributed by atoms with Crippen LogP contribution in [0.3, 0.4) is 0 Å². The minimum atomic E-state index is 0.800. The van der Waals surface area contributed by atoms with E-state index >= 15 is 0 Å². The number of hydrogen-bond acceptors (Lipinski definition) is 0. The third kappa shape index (κ3) is 1.50. The fourth-order valence-electron chi connectivity index (χ4n) is 3.87. The monoisotopic (exact) mass is 214 g/mol. The molecule has 2 aliphatic rings. The van der Waals surface area contributed by atoms with Crippen molar-refractivity contribution in [1.82, 2.24) is 0 Å². The Bertz CT molecular complexity index is 389. The van der Waals surface area contributed by atoms with Gasteiger partial charge < -0.3 is 0 Å². The molecule has 0 saturated heterocycles. The summed E-state index contributed by atoms with van der Waals surface area (Å²) in [6.07, 6.45) is 7.03. The lowest BCUT2D eigenvalue weighted by Crippen LogP contribution is -2.22. The van der Waals surface area contributed by atoms with Gasteiger partial charge in [0.1, 0.15) is 0 Å². The van der Waals surface area contributed by atoms with E-state index in [2.05, 4.69) is 32.0 Å². The average Bonchev–Trinajstić information content (AvgIpc) is 2.30. The van der Waals surface area contributed by atoms with E-state index in [1.807, 2.05) is 0 Å². The molecule has 1 aromatic rings. The van der Waals surface area contributed by atoms with Gasteiger partial charge in [-0.2, -0.15) is 0 Å². The first-order chi connectivity index (χ1) is 7.77. The first-order valence-electron chi connectivity index (χ1n) is 6.89. The summed E-state index contributed by atoms with van der Waals surface area (Å²) >= 11 is 0. The molecule has 2 aliphatic carbocycles. The molecule has 0 amide bonds. The Morgan fingerprint density at radius 1 is 1.12 bits per heavy atom. The summed E-state index contributed by atoms with van der Waals surface area (Å²) in [5.41, 5.74) is 5.13. The Labute approximate surface area is 99.1 Å². The van der Waals surface area contributed by atoms with Gasteiger partial charge in [0, 0.05) is 0 Å². The molecular weight excluding hydrogens is 192 g/mol. The van der Waals surface area contributed by atoms with Crippen LogP contribution >= 0.6 is 0 Å². The largest absolute Gasteiger partial charge is 0.0622 e. The summed E-state index contributed by atoms with van der Waals surface area (Å²) < 4.78 is 0. The molecule has 0 aliphatic heterocycles. The fourth-order valence-corrected chi connectivity index (χ4v) is 3.87. The van der Waals surface area contributed by atoms with E-state index in [9.17, 15) is 0 Å². The molecule has 2 atom stereocenters. The molecule has 0 nitrogen and oxygen atoms in total. The van der Waals surface area contributed by atoms with E-state index in [4.69, 9.17) is 0 Å². The highest BCUT2D eigenvalue weighted by Crippen LogP contribution is 2.47. The van der Waals surface area contributed by atoms with Gasteiger partial charge in [0.15, 0.2) is 0 Å². The van der Waals surface area contributed by atoms with Crippen molar-refractivity contribution in [2.24, 2.45) is 5.92 Å². The zero-order valence-electron chi connectivity index (χ0n) is 10.5. The molecule has 1 aromatic carbocycles. The van der Waals surface area contributed by atoms with Gasteiger partial charge in [0.2, 0.25) is 0 Å². The van der Waals surface area contributed by atoms with Crippen LogP contribution in [0.15, 0.2) is 18.2 Å². The van der Waals surface area contributed by atoms with Crippen LogP contribution in [0.2, 0.25) is 0 Å². The summed E-state index contributed by atoms with van der Waals surface area (Å²) in [6.45, 7) is 4.76. The Morgan fingerprint density at radius 2 is 2.00 bits per heavy atom. The summed E-state index contributed by atoms with van der Waals surface area (Å²) in [6, 6.07) is 7.06. The summed E-state index contributed by atoms with van der Waals surface area (Å²) in [5, 5.41) is 0. The third-order valence-electron chi connectivity index (χ3n) is 4.67. The molecule has 0 fully saturated rings. The maximum Gasteiger partial charge on any atom is -0.0136 e. The van der Waals surface area contributed by atoms with Crippen molar-refractivity contribution in [3.8, 4) is 0 Å². The Hall–Kier alpha value is -0.780. The van der Waals surface area contributed by atoms with E-state index in [1.165, 1.54) is 32.1 Å². The molecule has 0 heteroatoms. The summed E-state index contributed by atoms with van der Waals surface area (Å²) in [5.74, 6) is 2.52. The summed E-state index contributed by atoms with van der Waals surface area (Å²) in [4.78, 5) is 0. The maximum atomic E-state index is 2.40. The van der Waals surface area contributed by atoms with Gasteiger partial charge in [-0.05, 0) is 66.5 Å². The molecule has 0 heterocycles. The van der Waals surface area contributed by atoms with Crippen LogP contribution < -0.4 is 0 Å². The molecule has 0 saturated carbocycles. The number of hydrogen-bond donors (Lipinski definition) is 0. The Kier molecular flexibility index (Phi) is 2.53. The zero-order valence-corrected chi connectivity index (χ0v) is 10.5. The molecule has 0 radical (unpaired) electrons. The highest BCUT2D eigenvalue weighted by molar-refractivity contribution is 5.43. The number of aryl methyl sites for hydroxylation is 1. The van der Waals surface area contributed by atoms with Crippen LogP contribution in [0.5, 0.6) is 0 Å². The first kappa shape index (κ1) is 10.4. The normalized spacial score (nSPS) is 27.9.